The predicted octanol–water partition coefficient (Wildman–Crippen LogP) is 3.92. The third kappa shape index (κ3) is 4.92. The second-order valence-corrected chi connectivity index (χ2v) is 8.18. The second-order valence-electron chi connectivity index (χ2n) is 5.67. The van der Waals surface area contributed by atoms with Crippen molar-refractivity contribution in [2.24, 2.45) is 0 Å². The summed E-state index contributed by atoms with van der Waals surface area (Å²) in [6.45, 7) is 3.51. The van der Waals surface area contributed by atoms with Crippen molar-refractivity contribution in [3.05, 3.63) is 40.4 Å². The van der Waals surface area contributed by atoms with Crippen LogP contribution in [0.25, 0.3) is 0 Å². The highest BCUT2D eigenvalue weighted by atomic mass is 79.9. The van der Waals surface area contributed by atoms with Gasteiger partial charge in [-0.3, -0.25) is 9.52 Å². The first-order valence-electron chi connectivity index (χ1n) is 8.06. The number of hydrogen-bond acceptors (Lipinski definition) is 5. The highest BCUT2D eigenvalue weighted by Gasteiger charge is 2.22. The number of carbonyl (C=O) groups is 1. The molecule has 2 rings (SSSR count). The fourth-order valence-corrected chi connectivity index (χ4v) is 4.46. The van der Waals surface area contributed by atoms with Crippen LogP contribution in [0, 0.1) is 6.92 Å². The van der Waals surface area contributed by atoms with E-state index >= 15 is 0 Å². The fraction of sp³-hybridized carbons (Fsp3) is 0.278. The summed E-state index contributed by atoms with van der Waals surface area (Å²) in [5, 5.41) is 2.71. The van der Waals surface area contributed by atoms with Crippen molar-refractivity contribution in [3.63, 3.8) is 0 Å². The standard InChI is InChI=1S/C18H21BrN2O5S/c1-5-18(22)20-12-7-6-11(2)14(8-12)21-27(23,24)17-10-16(26-4)15(25-3)9-13(17)19/h6-10,21H,5H2,1-4H3,(H,20,22). The summed E-state index contributed by atoms with van der Waals surface area (Å²) in [6.07, 6.45) is 0.327. The van der Waals surface area contributed by atoms with Gasteiger partial charge in [0, 0.05) is 22.6 Å². The van der Waals surface area contributed by atoms with Crippen molar-refractivity contribution in [1.29, 1.82) is 0 Å². The zero-order valence-corrected chi connectivity index (χ0v) is 17.8. The molecule has 0 saturated heterocycles. The first kappa shape index (κ1) is 21.0. The number of sulfonamides is 1. The van der Waals surface area contributed by atoms with Gasteiger partial charge in [0.2, 0.25) is 5.91 Å². The lowest BCUT2D eigenvalue weighted by Crippen LogP contribution is -2.15. The van der Waals surface area contributed by atoms with Gasteiger partial charge in [-0.25, -0.2) is 8.42 Å². The number of carbonyl (C=O) groups excluding carboxylic acids is 1. The molecule has 9 heteroatoms. The van der Waals surface area contributed by atoms with Crippen LogP contribution in [0.5, 0.6) is 11.5 Å². The summed E-state index contributed by atoms with van der Waals surface area (Å²) in [4.78, 5) is 11.6. The number of amides is 1. The average molecular weight is 457 g/mol. The molecule has 0 fully saturated rings. The third-order valence-corrected chi connectivity index (χ3v) is 6.14. The SMILES string of the molecule is CCC(=O)Nc1ccc(C)c(NS(=O)(=O)c2cc(OC)c(OC)cc2Br)c1. The number of halogens is 1. The van der Waals surface area contributed by atoms with Crippen LogP contribution in [0.4, 0.5) is 11.4 Å². The number of benzene rings is 2. The molecule has 0 radical (unpaired) electrons. The smallest absolute Gasteiger partial charge is 0.263 e. The molecule has 27 heavy (non-hydrogen) atoms. The van der Waals surface area contributed by atoms with E-state index in [1.165, 1.54) is 26.4 Å². The van der Waals surface area contributed by atoms with Crippen molar-refractivity contribution < 1.29 is 22.7 Å². The van der Waals surface area contributed by atoms with Crippen molar-refractivity contribution in [2.45, 2.75) is 25.2 Å². The zero-order valence-electron chi connectivity index (χ0n) is 15.4. The molecule has 2 N–H and O–H groups in total. The van der Waals surface area contributed by atoms with Crippen LogP contribution in [0.1, 0.15) is 18.9 Å². The van der Waals surface area contributed by atoms with Crippen LogP contribution in [0.15, 0.2) is 39.7 Å². The van der Waals surface area contributed by atoms with Gasteiger partial charge < -0.3 is 14.8 Å². The van der Waals surface area contributed by atoms with Gasteiger partial charge in [0.1, 0.15) is 4.90 Å². The highest BCUT2D eigenvalue weighted by molar-refractivity contribution is 9.10. The molecule has 2 aromatic carbocycles. The molecule has 0 bridgehead atoms. The van der Waals surface area contributed by atoms with E-state index in [1.54, 1.807) is 32.0 Å². The zero-order chi connectivity index (χ0) is 20.2. The number of methoxy groups -OCH3 is 2. The second kappa shape index (κ2) is 8.62. The van der Waals surface area contributed by atoms with Crippen molar-refractivity contribution in [1.82, 2.24) is 0 Å². The maximum absolute atomic E-state index is 12.9. The molecule has 0 aliphatic heterocycles. The number of anilines is 2. The molecule has 0 spiro atoms. The molecule has 0 saturated carbocycles. The number of hydrogen-bond donors (Lipinski definition) is 2. The molecule has 0 aliphatic rings. The number of rotatable bonds is 7. The Hall–Kier alpha value is -2.26. The minimum absolute atomic E-state index is 0.00236. The number of ether oxygens (including phenoxy) is 2. The van der Waals surface area contributed by atoms with Crippen molar-refractivity contribution in [3.8, 4) is 11.5 Å². The van der Waals surface area contributed by atoms with Gasteiger partial charge in [-0.1, -0.05) is 13.0 Å². The van der Waals surface area contributed by atoms with E-state index in [9.17, 15) is 13.2 Å². The van der Waals surface area contributed by atoms with E-state index in [4.69, 9.17) is 9.47 Å². The van der Waals surface area contributed by atoms with Gasteiger partial charge in [0.25, 0.3) is 10.0 Å². The summed E-state index contributed by atoms with van der Waals surface area (Å²) in [7, 11) is -1.02. The summed E-state index contributed by atoms with van der Waals surface area (Å²) in [5.41, 5.74) is 1.59. The molecule has 0 heterocycles. The van der Waals surface area contributed by atoms with E-state index in [-0.39, 0.29) is 10.8 Å². The lowest BCUT2D eigenvalue weighted by Gasteiger charge is -2.15. The van der Waals surface area contributed by atoms with Crippen molar-refractivity contribution >= 4 is 43.2 Å². The Morgan fingerprint density at radius 2 is 1.74 bits per heavy atom. The molecule has 0 aliphatic carbocycles. The molecule has 0 aromatic heterocycles. The van der Waals surface area contributed by atoms with Gasteiger partial charge in [0.15, 0.2) is 11.5 Å². The molecule has 1 amide bonds. The van der Waals surface area contributed by atoms with Gasteiger partial charge in [-0.05, 0) is 46.6 Å². The van der Waals surface area contributed by atoms with Crippen LogP contribution in [-0.4, -0.2) is 28.5 Å². The minimum Gasteiger partial charge on any atom is -0.493 e. The molecule has 7 nitrogen and oxygen atoms in total. The molecule has 2 aromatic rings. The largest absolute Gasteiger partial charge is 0.493 e. The van der Waals surface area contributed by atoms with Gasteiger partial charge in [-0.2, -0.15) is 0 Å². The maximum atomic E-state index is 12.9. The minimum atomic E-state index is -3.92. The highest BCUT2D eigenvalue weighted by Crippen LogP contribution is 2.36. The Kier molecular flexibility index (Phi) is 6.72. The van der Waals surface area contributed by atoms with Gasteiger partial charge in [0.05, 0.1) is 19.9 Å². The van der Waals surface area contributed by atoms with E-state index < -0.39 is 10.0 Å². The molecular formula is C18H21BrN2O5S. The predicted molar refractivity (Wildman–Crippen MR) is 108 cm³/mol. The lowest BCUT2D eigenvalue weighted by molar-refractivity contribution is -0.115. The maximum Gasteiger partial charge on any atom is 0.263 e. The number of nitrogens with one attached hydrogen (secondary N) is 2. The van der Waals surface area contributed by atoms with E-state index in [0.29, 0.717) is 39.3 Å². The Morgan fingerprint density at radius 3 is 2.33 bits per heavy atom. The van der Waals surface area contributed by atoms with Crippen LogP contribution in [0.2, 0.25) is 0 Å². The van der Waals surface area contributed by atoms with Gasteiger partial charge >= 0.3 is 0 Å². The molecule has 146 valence electrons. The van der Waals surface area contributed by atoms with E-state index in [0.717, 1.165) is 0 Å². The Morgan fingerprint density at radius 1 is 1.11 bits per heavy atom. The molecular weight excluding hydrogens is 436 g/mol. The monoisotopic (exact) mass is 456 g/mol. The van der Waals surface area contributed by atoms with Crippen LogP contribution >= 0.6 is 15.9 Å². The Labute approximate surface area is 167 Å². The summed E-state index contributed by atoms with van der Waals surface area (Å²) in [5.74, 6) is 0.542. The van der Waals surface area contributed by atoms with E-state index in [2.05, 4.69) is 26.0 Å². The van der Waals surface area contributed by atoms with Crippen molar-refractivity contribution in [2.75, 3.05) is 24.3 Å². The first-order valence-corrected chi connectivity index (χ1v) is 10.3. The molecule has 0 atom stereocenters. The fourth-order valence-electron chi connectivity index (χ4n) is 2.30. The lowest BCUT2D eigenvalue weighted by atomic mass is 10.2. The van der Waals surface area contributed by atoms with E-state index in [1.807, 2.05) is 0 Å². The molecule has 0 unspecified atom stereocenters. The topological polar surface area (TPSA) is 93.7 Å². The summed E-state index contributed by atoms with van der Waals surface area (Å²) < 4.78 is 39.1. The number of aryl methyl sites for hydroxylation is 1. The van der Waals surface area contributed by atoms with Crippen LogP contribution < -0.4 is 19.5 Å². The Bertz CT molecular complexity index is 960. The van der Waals surface area contributed by atoms with Gasteiger partial charge in [-0.15, -0.1) is 0 Å². The quantitative estimate of drug-likeness (QED) is 0.658. The normalized spacial score (nSPS) is 11.0. The van der Waals surface area contributed by atoms with Crippen LogP contribution in [0.3, 0.4) is 0 Å². The third-order valence-electron chi connectivity index (χ3n) is 3.81. The summed E-state index contributed by atoms with van der Waals surface area (Å²) in [6, 6.07) is 7.93. The van der Waals surface area contributed by atoms with Crippen LogP contribution in [-0.2, 0) is 14.8 Å². The summed E-state index contributed by atoms with van der Waals surface area (Å²) >= 11 is 3.26. The Balaban J connectivity index is 2.42. The first-order chi connectivity index (χ1) is 12.7. The average Bonchev–Trinajstić information content (AvgIpc) is 2.63.